The Kier molecular flexibility index (Phi) is 5.67. The number of rotatable bonds is 5. The highest BCUT2D eigenvalue weighted by Crippen LogP contribution is 2.25. The second kappa shape index (κ2) is 8.13. The van der Waals surface area contributed by atoms with Gasteiger partial charge in [-0.2, -0.15) is 0 Å². The summed E-state index contributed by atoms with van der Waals surface area (Å²) in [5, 5.41) is 3.72. The first-order chi connectivity index (χ1) is 11.7. The molecule has 0 saturated carbocycles. The molecular formula is C18H21ClN4O. The molecule has 2 heterocycles. The summed E-state index contributed by atoms with van der Waals surface area (Å²) in [5.74, 6) is -0.120. The maximum atomic E-state index is 11.9. The fourth-order valence-electron chi connectivity index (χ4n) is 2.84. The molecule has 3 rings (SSSR count). The minimum absolute atomic E-state index is 0.120. The zero-order valence-corrected chi connectivity index (χ0v) is 14.2. The van der Waals surface area contributed by atoms with E-state index < -0.39 is 0 Å². The minimum atomic E-state index is -0.120. The van der Waals surface area contributed by atoms with Crippen LogP contribution >= 0.6 is 11.6 Å². The fraction of sp³-hybridized carbons (Fsp3) is 0.333. The topological polar surface area (TPSA) is 48.5 Å². The van der Waals surface area contributed by atoms with Crippen molar-refractivity contribution in [1.82, 2.24) is 15.2 Å². The molecule has 1 N–H and O–H groups in total. The average Bonchev–Trinajstić information content (AvgIpc) is 2.63. The number of carbonyl (C=O) groups excluding carboxylic acids is 1. The summed E-state index contributed by atoms with van der Waals surface area (Å²) in [4.78, 5) is 20.7. The monoisotopic (exact) mass is 344 g/mol. The minimum Gasteiger partial charge on any atom is -0.368 e. The highest BCUT2D eigenvalue weighted by Gasteiger charge is 2.18. The lowest BCUT2D eigenvalue weighted by Crippen LogP contribution is -2.48. The molecule has 1 aromatic carbocycles. The van der Waals surface area contributed by atoms with E-state index in [4.69, 9.17) is 11.6 Å². The third-order valence-corrected chi connectivity index (χ3v) is 4.50. The van der Waals surface area contributed by atoms with E-state index in [1.165, 1.54) is 0 Å². The maximum Gasteiger partial charge on any atom is 0.269 e. The maximum absolute atomic E-state index is 11.9. The number of para-hydroxylation sites is 1. The molecule has 1 saturated heterocycles. The fourth-order valence-corrected chi connectivity index (χ4v) is 3.09. The number of pyridine rings is 1. The molecule has 1 aromatic heterocycles. The lowest BCUT2D eigenvalue weighted by molar-refractivity contribution is 0.0943. The predicted molar refractivity (Wildman–Crippen MR) is 96.7 cm³/mol. The van der Waals surface area contributed by atoms with E-state index in [0.29, 0.717) is 12.2 Å². The van der Waals surface area contributed by atoms with E-state index in [1.807, 2.05) is 24.3 Å². The number of piperazine rings is 1. The van der Waals surface area contributed by atoms with Crippen molar-refractivity contribution in [3.63, 3.8) is 0 Å². The SMILES string of the molecule is O=C(NCCN1CCN(c2ccccc2Cl)CC1)c1ccccn1. The average molecular weight is 345 g/mol. The normalized spacial score (nSPS) is 15.3. The Morgan fingerprint density at radius 2 is 1.83 bits per heavy atom. The number of halogens is 1. The van der Waals surface area contributed by atoms with E-state index in [0.717, 1.165) is 43.4 Å². The smallest absolute Gasteiger partial charge is 0.269 e. The van der Waals surface area contributed by atoms with Crippen molar-refractivity contribution < 1.29 is 4.79 Å². The first-order valence-corrected chi connectivity index (χ1v) is 8.53. The molecule has 1 aliphatic rings. The van der Waals surface area contributed by atoms with Gasteiger partial charge in [0.15, 0.2) is 0 Å². The highest BCUT2D eigenvalue weighted by atomic mass is 35.5. The molecular weight excluding hydrogens is 324 g/mol. The van der Waals surface area contributed by atoms with Crippen LogP contribution in [0.3, 0.4) is 0 Å². The van der Waals surface area contributed by atoms with Gasteiger partial charge in [-0.1, -0.05) is 29.8 Å². The molecule has 126 valence electrons. The van der Waals surface area contributed by atoms with Gasteiger partial charge in [0, 0.05) is 45.5 Å². The van der Waals surface area contributed by atoms with Crippen LogP contribution in [-0.2, 0) is 0 Å². The number of carbonyl (C=O) groups is 1. The van der Waals surface area contributed by atoms with E-state index in [9.17, 15) is 4.79 Å². The quantitative estimate of drug-likeness (QED) is 0.904. The van der Waals surface area contributed by atoms with Gasteiger partial charge in [0.05, 0.1) is 10.7 Å². The Labute approximate surface area is 147 Å². The van der Waals surface area contributed by atoms with E-state index in [2.05, 4.69) is 26.2 Å². The van der Waals surface area contributed by atoms with Crippen molar-refractivity contribution in [2.24, 2.45) is 0 Å². The Morgan fingerprint density at radius 1 is 1.08 bits per heavy atom. The molecule has 0 unspecified atom stereocenters. The van der Waals surface area contributed by atoms with Crippen molar-refractivity contribution in [2.45, 2.75) is 0 Å². The highest BCUT2D eigenvalue weighted by molar-refractivity contribution is 6.33. The molecule has 0 aliphatic carbocycles. The second-order valence-corrected chi connectivity index (χ2v) is 6.16. The van der Waals surface area contributed by atoms with Crippen LogP contribution in [0.25, 0.3) is 0 Å². The summed E-state index contributed by atoms with van der Waals surface area (Å²) in [6.07, 6.45) is 1.63. The number of hydrogen-bond donors (Lipinski definition) is 1. The van der Waals surface area contributed by atoms with Crippen LogP contribution in [0, 0.1) is 0 Å². The zero-order chi connectivity index (χ0) is 16.8. The van der Waals surface area contributed by atoms with Crippen molar-refractivity contribution in [3.05, 3.63) is 59.4 Å². The summed E-state index contributed by atoms with van der Waals surface area (Å²) in [6.45, 7) is 5.28. The molecule has 5 nitrogen and oxygen atoms in total. The summed E-state index contributed by atoms with van der Waals surface area (Å²) in [7, 11) is 0. The molecule has 6 heteroatoms. The summed E-state index contributed by atoms with van der Waals surface area (Å²) < 4.78 is 0. The first-order valence-electron chi connectivity index (χ1n) is 8.15. The first kappa shape index (κ1) is 16.7. The van der Waals surface area contributed by atoms with Crippen molar-refractivity contribution >= 4 is 23.2 Å². The number of amides is 1. The van der Waals surface area contributed by atoms with Crippen LogP contribution in [0.4, 0.5) is 5.69 Å². The van der Waals surface area contributed by atoms with Gasteiger partial charge in [0.1, 0.15) is 5.69 Å². The third-order valence-electron chi connectivity index (χ3n) is 4.18. The van der Waals surface area contributed by atoms with Crippen molar-refractivity contribution in [3.8, 4) is 0 Å². The molecule has 0 radical (unpaired) electrons. The van der Waals surface area contributed by atoms with Gasteiger partial charge in [-0.25, -0.2) is 0 Å². The molecule has 24 heavy (non-hydrogen) atoms. The van der Waals surface area contributed by atoms with E-state index in [1.54, 1.807) is 18.3 Å². The molecule has 0 bridgehead atoms. The summed E-state index contributed by atoms with van der Waals surface area (Å²) in [5.41, 5.74) is 1.56. The van der Waals surface area contributed by atoms with Gasteiger partial charge in [0.25, 0.3) is 5.91 Å². The molecule has 1 fully saturated rings. The lowest BCUT2D eigenvalue weighted by atomic mass is 10.2. The van der Waals surface area contributed by atoms with Crippen LogP contribution in [0.5, 0.6) is 0 Å². The predicted octanol–water partition coefficient (Wildman–Crippen LogP) is 2.29. The number of nitrogens with zero attached hydrogens (tertiary/aromatic N) is 3. The van der Waals surface area contributed by atoms with E-state index in [-0.39, 0.29) is 5.91 Å². The van der Waals surface area contributed by atoms with Crippen molar-refractivity contribution in [1.29, 1.82) is 0 Å². The van der Waals surface area contributed by atoms with Gasteiger partial charge >= 0.3 is 0 Å². The Balaban J connectivity index is 1.41. The number of aromatic nitrogens is 1. The zero-order valence-electron chi connectivity index (χ0n) is 13.5. The van der Waals surface area contributed by atoms with Gasteiger partial charge in [-0.05, 0) is 24.3 Å². The summed E-state index contributed by atoms with van der Waals surface area (Å²) in [6, 6.07) is 13.3. The Hall–Kier alpha value is -2.11. The van der Waals surface area contributed by atoms with Gasteiger partial charge in [0.2, 0.25) is 0 Å². The molecule has 0 atom stereocenters. The van der Waals surface area contributed by atoms with Crippen LogP contribution in [0.2, 0.25) is 5.02 Å². The van der Waals surface area contributed by atoms with Crippen LogP contribution in [0.1, 0.15) is 10.5 Å². The van der Waals surface area contributed by atoms with Gasteiger partial charge < -0.3 is 10.2 Å². The van der Waals surface area contributed by atoms with Gasteiger partial charge in [-0.15, -0.1) is 0 Å². The molecule has 2 aromatic rings. The van der Waals surface area contributed by atoms with Crippen LogP contribution in [0.15, 0.2) is 48.7 Å². The van der Waals surface area contributed by atoms with Gasteiger partial charge in [-0.3, -0.25) is 14.7 Å². The number of hydrogen-bond acceptors (Lipinski definition) is 4. The Bertz CT molecular complexity index is 672. The van der Waals surface area contributed by atoms with Crippen LogP contribution in [-0.4, -0.2) is 55.1 Å². The standard InChI is InChI=1S/C18H21ClN4O/c19-15-5-1-2-7-17(15)23-13-11-22(12-14-23)10-9-21-18(24)16-6-3-4-8-20-16/h1-8H,9-14H2,(H,21,24). The lowest BCUT2D eigenvalue weighted by Gasteiger charge is -2.36. The van der Waals surface area contributed by atoms with Crippen LogP contribution < -0.4 is 10.2 Å². The molecule has 1 aliphatic heterocycles. The number of benzene rings is 1. The summed E-state index contributed by atoms with van der Waals surface area (Å²) >= 11 is 6.26. The van der Waals surface area contributed by atoms with E-state index >= 15 is 0 Å². The largest absolute Gasteiger partial charge is 0.368 e. The Morgan fingerprint density at radius 3 is 2.54 bits per heavy atom. The second-order valence-electron chi connectivity index (χ2n) is 5.75. The number of anilines is 1. The number of nitrogens with one attached hydrogen (secondary N) is 1. The third kappa shape index (κ3) is 4.24. The molecule has 0 spiro atoms. The van der Waals surface area contributed by atoms with Crippen molar-refractivity contribution in [2.75, 3.05) is 44.2 Å². The molecule has 1 amide bonds.